The number of hydrogen-bond donors (Lipinski definition) is 0. The molecule has 0 amide bonds. The molecule has 1 aliphatic rings. The third kappa shape index (κ3) is 3.18. The van der Waals surface area contributed by atoms with E-state index in [0.29, 0.717) is 6.42 Å². The highest BCUT2D eigenvalue weighted by atomic mass is 28.5. The van der Waals surface area contributed by atoms with Gasteiger partial charge in [-0.3, -0.25) is 0 Å². The molecule has 1 heterocycles. The topological polar surface area (TPSA) is 51.5 Å². The van der Waals surface area contributed by atoms with Crippen LogP contribution in [0, 0.1) is 11.3 Å². The van der Waals surface area contributed by atoms with E-state index in [-0.39, 0.29) is 0 Å². The zero-order valence-electron chi connectivity index (χ0n) is 7.21. The Balaban J connectivity index is 2.23. The summed E-state index contributed by atoms with van der Waals surface area (Å²) in [6.07, 6.45) is 1.52. The average molecular weight is 219 g/mol. The molecule has 0 aromatic rings. The van der Waals surface area contributed by atoms with Gasteiger partial charge in [0.2, 0.25) is 0 Å². The van der Waals surface area contributed by atoms with Crippen molar-refractivity contribution < 1.29 is 12.3 Å². The molecule has 7 heteroatoms. The number of nitriles is 1. The fraction of sp³-hybridized carbons (Fsp3) is 0.800. The van der Waals surface area contributed by atoms with E-state index in [1.54, 1.807) is 0 Å². The minimum atomic E-state index is -1.83. The fourth-order valence-electron chi connectivity index (χ4n) is 1.04. The van der Waals surface area contributed by atoms with E-state index in [9.17, 15) is 0 Å². The van der Waals surface area contributed by atoms with Crippen LogP contribution in [0.5, 0.6) is 0 Å². The van der Waals surface area contributed by atoms with Gasteiger partial charge in [-0.2, -0.15) is 5.26 Å². The molecule has 0 spiro atoms. The van der Waals surface area contributed by atoms with Crippen LogP contribution in [-0.4, -0.2) is 28.6 Å². The molecule has 0 radical (unpaired) electrons. The molecule has 0 N–H and O–H groups in total. The first kappa shape index (κ1) is 10.1. The highest BCUT2D eigenvalue weighted by molar-refractivity contribution is 6.75. The van der Waals surface area contributed by atoms with Crippen molar-refractivity contribution in [1.29, 1.82) is 5.26 Å². The summed E-state index contributed by atoms with van der Waals surface area (Å²) in [6, 6.07) is 3.08. The van der Waals surface area contributed by atoms with E-state index < -0.39 is 28.6 Å². The third-order valence-electron chi connectivity index (χ3n) is 1.81. The molecule has 4 nitrogen and oxygen atoms in total. The predicted octanol–water partition coefficient (Wildman–Crippen LogP) is -0.577. The summed E-state index contributed by atoms with van der Waals surface area (Å²) in [6.45, 7) is 2.08. The van der Waals surface area contributed by atoms with Crippen LogP contribution in [0.25, 0.3) is 0 Å². The van der Waals surface area contributed by atoms with Crippen LogP contribution in [0.2, 0.25) is 12.6 Å². The van der Waals surface area contributed by atoms with Crippen molar-refractivity contribution in [2.24, 2.45) is 0 Å². The van der Waals surface area contributed by atoms with Gasteiger partial charge < -0.3 is 12.3 Å². The molecule has 0 aromatic carbocycles. The summed E-state index contributed by atoms with van der Waals surface area (Å²) >= 11 is 0. The monoisotopic (exact) mass is 219 g/mol. The maximum atomic E-state index is 8.36. The van der Waals surface area contributed by atoms with Gasteiger partial charge in [0.1, 0.15) is 0 Å². The van der Waals surface area contributed by atoms with Crippen LogP contribution in [-0.2, 0) is 12.3 Å². The summed E-state index contributed by atoms with van der Waals surface area (Å²) in [4.78, 5) is 0. The van der Waals surface area contributed by atoms with Crippen LogP contribution in [0.15, 0.2) is 0 Å². The Bertz CT molecular complexity index is 177. The number of rotatable bonds is 3. The van der Waals surface area contributed by atoms with Crippen molar-refractivity contribution in [1.82, 2.24) is 0 Å². The van der Waals surface area contributed by atoms with Gasteiger partial charge in [-0.25, -0.2) is 0 Å². The Morgan fingerprint density at radius 1 is 1.42 bits per heavy atom. The first-order valence-corrected chi connectivity index (χ1v) is 8.83. The molecule has 1 aliphatic heterocycles. The van der Waals surface area contributed by atoms with E-state index in [1.165, 1.54) is 0 Å². The number of hydrogen-bond acceptors (Lipinski definition) is 4. The molecular formula is C5H13NO3Si3. The van der Waals surface area contributed by atoms with Crippen LogP contribution in [0.4, 0.5) is 0 Å². The normalized spacial score (nSPS) is 33.7. The smallest absolute Gasteiger partial charge is 0.316 e. The largest absolute Gasteiger partial charge is 0.425 e. The summed E-state index contributed by atoms with van der Waals surface area (Å²) in [7, 11) is -3.26. The minimum Gasteiger partial charge on any atom is -0.425 e. The lowest BCUT2D eigenvalue weighted by Gasteiger charge is -2.31. The van der Waals surface area contributed by atoms with Crippen molar-refractivity contribution >= 4 is 28.6 Å². The van der Waals surface area contributed by atoms with Gasteiger partial charge in [-0.05, 0) is 19.0 Å². The lowest BCUT2D eigenvalue weighted by molar-refractivity contribution is 0.298. The summed E-state index contributed by atoms with van der Waals surface area (Å²) in [5.41, 5.74) is 0. The Labute approximate surface area is 78.2 Å². The molecule has 12 heavy (non-hydrogen) atoms. The molecule has 0 saturated carbocycles. The molecule has 1 fully saturated rings. The number of unbranched alkanes of at least 4 members (excludes halogenated alkanes) is 1. The standard InChI is InChI=1S/C5H13NO3Si3/c1-12(5-3-2-4-6)8-10-7-11-9-12/h2-3,5,10-11H2,1H3. The molecule has 0 aromatic heterocycles. The summed E-state index contributed by atoms with van der Waals surface area (Å²) in [5, 5.41) is 8.36. The van der Waals surface area contributed by atoms with Crippen LogP contribution < -0.4 is 0 Å². The minimum absolute atomic E-state index is 0.610. The van der Waals surface area contributed by atoms with Gasteiger partial charge in [0.15, 0.2) is 0 Å². The van der Waals surface area contributed by atoms with Crippen LogP contribution >= 0.6 is 0 Å². The van der Waals surface area contributed by atoms with Gasteiger partial charge in [0.05, 0.1) is 6.07 Å². The molecule has 68 valence electrons. The molecule has 0 aliphatic carbocycles. The second kappa shape index (κ2) is 4.90. The van der Waals surface area contributed by atoms with E-state index in [0.717, 1.165) is 12.5 Å². The molecule has 0 bridgehead atoms. The highest BCUT2D eigenvalue weighted by Gasteiger charge is 2.32. The zero-order chi connectivity index (χ0) is 8.86. The second-order valence-corrected chi connectivity index (χ2v) is 10.1. The van der Waals surface area contributed by atoms with Crippen LogP contribution in [0.1, 0.15) is 12.8 Å². The van der Waals surface area contributed by atoms with Gasteiger partial charge in [0.25, 0.3) is 20.0 Å². The number of nitrogens with zero attached hydrogens (tertiary/aromatic N) is 1. The molecule has 0 atom stereocenters. The third-order valence-corrected chi connectivity index (χ3v) is 10.2. The average Bonchev–Trinajstić information content (AvgIpc) is 2.06. The van der Waals surface area contributed by atoms with Crippen molar-refractivity contribution in [3.8, 4) is 6.07 Å². The molecule has 1 rings (SSSR count). The predicted molar refractivity (Wildman–Crippen MR) is 51.6 cm³/mol. The van der Waals surface area contributed by atoms with Crippen molar-refractivity contribution in [3.63, 3.8) is 0 Å². The van der Waals surface area contributed by atoms with Crippen LogP contribution in [0.3, 0.4) is 0 Å². The van der Waals surface area contributed by atoms with Crippen molar-refractivity contribution in [3.05, 3.63) is 0 Å². The molecule has 0 unspecified atom stereocenters. The van der Waals surface area contributed by atoms with E-state index in [1.807, 2.05) is 0 Å². The maximum absolute atomic E-state index is 8.36. The Morgan fingerprint density at radius 2 is 2.08 bits per heavy atom. The van der Waals surface area contributed by atoms with E-state index in [2.05, 4.69) is 12.6 Å². The van der Waals surface area contributed by atoms with Gasteiger partial charge in [-0.1, -0.05) is 0 Å². The summed E-state index contributed by atoms with van der Waals surface area (Å²) < 4.78 is 16.3. The first-order valence-electron chi connectivity index (χ1n) is 3.99. The maximum Gasteiger partial charge on any atom is 0.316 e. The Kier molecular flexibility index (Phi) is 4.13. The quantitative estimate of drug-likeness (QED) is 0.471. The molecule has 1 saturated heterocycles. The van der Waals surface area contributed by atoms with E-state index >= 15 is 0 Å². The Morgan fingerprint density at radius 3 is 2.67 bits per heavy atom. The zero-order valence-corrected chi connectivity index (χ0v) is 11.0. The summed E-state index contributed by atoms with van der Waals surface area (Å²) in [5.74, 6) is 0. The van der Waals surface area contributed by atoms with Gasteiger partial charge >= 0.3 is 8.56 Å². The highest BCUT2D eigenvalue weighted by Crippen LogP contribution is 2.18. The van der Waals surface area contributed by atoms with E-state index in [4.69, 9.17) is 17.6 Å². The second-order valence-electron chi connectivity index (χ2n) is 2.87. The Hall–Kier alpha value is 0.0206. The van der Waals surface area contributed by atoms with Gasteiger partial charge in [0, 0.05) is 6.42 Å². The fourth-order valence-corrected chi connectivity index (χ4v) is 8.53. The van der Waals surface area contributed by atoms with Crippen molar-refractivity contribution in [2.45, 2.75) is 25.4 Å². The lowest BCUT2D eigenvalue weighted by Crippen LogP contribution is -2.46. The lowest BCUT2D eigenvalue weighted by atomic mass is 10.4. The SMILES string of the molecule is C[Si]1(CCCC#N)O[SiH2]O[SiH2]O1. The molecular weight excluding hydrogens is 206 g/mol. The first-order chi connectivity index (χ1) is 5.77. The van der Waals surface area contributed by atoms with Gasteiger partial charge in [-0.15, -0.1) is 0 Å². The van der Waals surface area contributed by atoms with Crippen molar-refractivity contribution in [2.75, 3.05) is 0 Å².